The Balaban J connectivity index is 4.08. The van der Waals surface area contributed by atoms with Crippen LogP contribution in [0.4, 0.5) is 0 Å². The van der Waals surface area contributed by atoms with E-state index in [4.69, 9.17) is 9.05 Å². The molecule has 3 unspecified atom stereocenters. The second kappa shape index (κ2) is 55.7. The largest absolute Gasteiger partial charge is 0.472 e. The van der Waals surface area contributed by atoms with Crippen molar-refractivity contribution in [2.24, 2.45) is 0 Å². The third-order valence-electron chi connectivity index (χ3n) is 14.0. The van der Waals surface area contributed by atoms with E-state index in [9.17, 15) is 19.4 Å². The highest BCUT2D eigenvalue weighted by Gasteiger charge is 2.28. The van der Waals surface area contributed by atoms with Crippen LogP contribution in [0.2, 0.25) is 0 Å². The first-order chi connectivity index (χ1) is 36.0. The minimum Gasteiger partial charge on any atom is -0.391 e. The molecule has 0 fully saturated rings. The third kappa shape index (κ3) is 57.6. The first-order valence-electron chi connectivity index (χ1n) is 31.3. The molecule has 3 N–H and O–H groups in total. The normalized spacial score (nSPS) is 14.3. The molecule has 0 aromatic heterocycles. The molecule has 432 valence electrons. The molecule has 0 aliphatic rings. The third-order valence-corrected chi connectivity index (χ3v) is 15.0. The molecule has 0 saturated heterocycles. The summed E-state index contributed by atoms with van der Waals surface area (Å²) in [6.45, 7) is 4.80. The van der Waals surface area contributed by atoms with E-state index in [1.807, 2.05) is 21.1 Å². The van der Waals surface area contributed by atoms with Crippen molar-refractivity contribution in [3.05, 3.63) is 72.9 Å². The molecule has 3 atom stereocenters. The summed E-state index contributed by atoms with van der Waals surface area (Å²) in [7, 11) is 1.62. The van der Waals surface area contributed by atoms with Gasteiger partial charge in [-0.1, -0.05) is 286 Å². The van der Waals surface area contributed by atoms with Crippen LogP contribution in [0.3, 0.4) is 0 Å². The number of rotatable bonds is 57. The second-order valence-corrected chi connectivity index (χ2v) is 23.9. The molecule has 0 rings (SSSR count). The van der Waals surface area contributed by atoms with Gasteiger partial charge in [0.15, 0.2) is 0 Å². The van der Waals surface area contributed by atoms with Crippen molar-refractivity contribution in [2.45, 2.75) is 296 Å². The number of nitrogens with one attached hydrogen (secondary N) is 1. The van der Waals surface area contributed by atoms with Crippen LogP contribution in [-0.2, 0) is 18.4 Å². The second-order valence-electron chi connectivity index (χ2n) is 22.4. The van der Waals surface area contributed by atoms with Crippen LogP contribution in [0.5, 0.6) is 0 Å². The van der Waals surface area contributed by atoms with Gasteiger partial charge in [0.2, 0.25) is 5.91 Å². The van der Waals surface area contributed by atoms with Crippen molar-refractivity contribution < 1.29 is 32.9 Å². The van der Waals surface area contributed by atoms with Crippen molar-refractivity contribution in [3.8, 4) is 0 Å². The molecule has 74 heavy (non-hydrogen) atoms. The van der Waals surface area contributed by atoms with Gasteiger partial charge in [-0.05, 0) is 64.2 Å². The van der Waals surface area contributed by atoms with Crippen molar-refractivity contribution in [3.63, 3.8) is 0 Å². The van der Waals surface area contributed by atoms with Gasteiger partial charge in [-0.15, -0.1) is 0 Å². The van der Waals surface area contributed by atoms with Gasteiger partial charge in [-0.2, -0.15) is 0 Å². The van der Waals surface area contributed by atoms with Crippen LogP contribution in [0.1, 0.15) is 284 Å². The zero-order valence-corrected chi connectivity index (χ0v) is 50.2. The predicted molar refractivity (Wildman–Crippen MR) is 323 cm³/mol. The zero-order valence-electron chi connectivity index (χ0n) is 49.3. The minimum atomic E-state index is -4.33. The molecule has 0 aromatic carbocycles. The van der Waals surface area contributed by atoms with Crippen molar-refractivity contribution in [1.29, 1.82) is 0 Å². The van der Waals surface area contributed by atoms with Gasteiger partial charge in [-0.3, -0.25) is 13.8 Å². The highest BCUT2D eigenvalue weighted by molar-refractivity contribution is 7.47. The van der Waals surface area contributed by atoms with Crippen LogP contribution in [0, 0.1) is 0 Å². The summed E-state index contributed by atoms with van der Waals surface area (Å²) in [5.41, 5.74) is 0. The Bertz CT molecular complexity index is 1430. The fourth-order valence-electron chi connectivity index (χ4n) is 9.11. The molecule has 9 heteroatoms. The molecule has 0 spiro atoms. The van der Waals surface area contributed by atoms with E-state index in [1.165, 1.54) is 180 Å². The van der Waals surface area contributed by atoms with Crippen LogP contribution >= 0.6 is 7.82 Å². The number of aliphatic hydroxyl groups is 1. The van der Waals surface area contributed by atoms with Crippen LogP contribution < -0.4 is 5.32 Å². The average molecular weight is 1060 g/mol. The van der Waals surface area contributed by atoms with E-state index < -0.39 is 20.0 Å². The maximum atomic E-state index is 13.0. The van der Waals surface area contributed by atoms with Gasteiger partial charge in [-0.25, -0.2) is 4.57 Å². The number of carbonyl (C=O) groups excluding carboxylic acids is 1. The van der Waals surface area contributed by atoms with Gasteiger partial charge in [0.1, 0.15) is 13.2 Å². The summed E-state index contributed by atoms with van der Waals surface area (Å²) in [5, 5.41) is 14.1. The van der Waals surface area contributed by atoms with E-state index >= 15 is 0 Å². The number of unbranched alkanes of at least 4 members (excludes halogenated alkanes) is 32. The van der Waals surface area contributed by atoms with Crippen molar-refractivity contribution in [1.82, 2.24) is 5.32 Å². The Labute approximate surface area is 459 Å². The Morgan fingerprint density at radius 3 is 1.19 bits per heavy atom. The van der Waals surface area contributed by atoms with Gasteiger partial charge in [0.25, 0.3) is 0 Å². The van der Waals surface area contributed by atoms with Gasteiger partial charge in [0.05, 0.1) is 39.9 Å². The lowest BCUT2D eigenvalue weighted by Gasteiger charge is -2.26. The molecule has 0 heterocycles. The Morgan fingerprint density at radius 1 is 0.473 bits per heavy atom. The van der Waals surface area contributed by atoms with Crippen LogP contribution in [-0.4, -0.2) is 73.4 Å². The number of likely N-dealkylation sites (N-methyl/N-ethyl adjacent to an activating group) is 1. The summed E-state index contributed by atoms with van der Waals surface area (Å²) < 4.78 is 23.8. The number of amides is 1. The summed E-state index contributed by atoms with van der Waals surface area (Å²) in [6.07, 6.45) is 76.8. The zero-order chi connectivity index (χ0) is 54.2. The highest BCUT2D eigenvalue weighted by atomic mass is 31.2. The SMILES string of the molecule is CC/C=C\C/C=C\C/C=C\C/C=C\C/C=C\C/C=C\CCCCCCCCCCCCCCCCC(=O)NC(COP(=O)(O)OCC[N+](C)(C)C)C(O)CCCCCCCCCCCCCCCCCCCCC. The number of hydrogen-bond donors (Lipinski definition) is 3. The number of phosphoric ester groups is 1. The number of phosphoric acid groups is 1. The molecule has 0 aromatic rings. The maximum Gasteiger partial charge on any atom is 0.472 e. The first kappa shape index (κ1) is 71.9. The summed E-state index contributed by atoms with van der Waals surface area (Å²) in [6, 6.07) is -0.764. The topological polar surface area (TPSA) is 105 Å². The number of hydrogen-bond acceptors (Lipinski definition) is 5. The summed E-state index contributed by atoms with van der Waals surface area (Å²) >= 11 is 0. The maximum absolute atomic E-state index is 13.0. The summed E-state index contributed by atoms with van der Waals surface area (Å²) in [5.74, 6) is -0.144. The van der Waals surface area contributed by atoms with Crippen LogP contribution in [0.15, 0.2) is 72.9 Å². The number of nitrogens with zero attached hydrogens (tertiary/aromatic N) is 1. The molecule has 0 radical (unpaired) electrons. The molecular weight excluding hydrogens is 936 g/mol. The van der Waals surface area contributed by atoms with Gasteiger partial charge < -0.3 is 19.8 Å². The van der Waals surface area contributed by atoms with E-state index in [0.29, 0.717) is 23.9 Å². The van der Waals surface area contributed by atoms with Gasteiger partial charge in [0, 0.05) is 6.42 Å². The molecule has 8 nitrogen and oxygen atoms in total. The fourth-order valence-corrected chi connectivity index (χ4v) is 9.85. The van der Waals surface area contributed by atoms with Crippen molar-refractivity contribution >= 4 is 13.7 Å². The lowest BCUT2D eigenvalue weighted by molar-refractivity contribution is -0.870. The number of allylic oxidation sites excluding steroid dienone is 12. The summed E-state index contributed by atoms with van der Waals surface area (Å²) in [4.78, 5) is 23.4. The monoisotopic (exact) mass is 1060 g/mol. The molecule has 0 saturated carbocycles. The van der Waals surface area contributed by atoms with E-state index in [2.05, 4.69) is 92.1 Å². The molecule has 0 aliphatic heterocycles. The number of aliphatic hydroxyl groups excluding tert-OH is 1. The Kier molecular flexibility index (Phi) is 54.1. The average Bonchev–Trinajstić information content (AvgIpc) is 3.36. The fraction of sp³-hybridized carbons (Fsp3) is 0.800. The van der Waals surface area contributed by atoms with Gasteiger partial charge >= 0.3 is 7.82 Å². The number of carbonyl (C=O) groups is 1. The van der Waals surface area contributed by atoms with Crippen molar-refractivity contribution in [2.75, 3.05) is 40.9 Å². The molecule has 0 aliphatic carbocycles. The lowest BCUT2D eigenvalue weighted by Crippen LogP contribution is -2.46. The Morgan fingerprint density at radius 2 is 0.811 bits per heavy atom. The quantitative estimate of drug-likeness (QED) is 0.0243. The van der Waals surface area contributed by atoms with E-state index in [0.717, 1.165) is 77.0 Å². The van der Waals surface area contributed by atoms with E-state index in [-0.39, 0.29) is 19.1 Å². The number of quaternary nitrogens is 1. The van der Waals surface area contributed by atoms with E-state index in [1.54, 1.807) is 0 Å². The highest BCUT2D eigenvalue weighted by Crippen LogP contribution is 2.43. The first-order valence-corrected chi connectivity index (χ1v) is 32.8. The molecular formula is C65H122N2O6P+. The lowest BCUT2D eigenvalue weighted by atomic mass is 10.0. The Hall–Kier alpha value is -2.06. The minimum absolute atomic E-state index is 0.0734. The standard InChI is InChI=1S/C65H121N2O6P/c1-6-8-10-12-14-16-18-20-22-24-26-27-28-29-30-31-32-33-34-35-36-37-38-39-41-43-45-47-49-51-53-55-57-59-65(69)66-63(62-73-74(70,71)72-61-60-67(3,4)5)64(68)58-56-54-52-50-48-46-44-42-40-25-23-21-19-17-15-13-11-9-7-2/h8,10,14,16,20,22,26-27,29-30,32-33,63-64,68H,6-7,9,11-13,15,17-19,21,23-25,28,31,34-62H2,1-5H3,(H-,66,69,70,71)/p+1/b10-8-,16-14-,22-20-,27-26-,30-29-,33-32-. The predicted octanol–water partition coefficient (Wildman–Crippen LogP) is 19.4. The smallest absolute Gasteiger partial charge is 0.391 e. The molecule has 1 amide bonds. The van der Waals surface area contributed by atoms with Crippen LogP contribution in [0.25, 0.3) is 0 Å². The molecule has 0 bridgehead atoms.